The molecular formula is C12H18N2O4S2. The van der Waals surface area contributed by atoms with Gasteiger partial charge in [-0.25, -0.2) is 18.1 Å². The summed E-state index contributed by atoms with van der Waals surface area (Å²) in [6, 6.07) is 0. The molecule has 2 heterocycles. The summed E-state index contributed by atoms with van der Waals surface area (Å²) in [5.74, 6) is -0.113. The zero-order chi connectivity index (χ0) is 14.8. The van der Waals surface area contributed by atoms with Gasteiger partial charge in [-0.1, -0.05) is 0 Å². The zero-order valence-electron chi connectivity index (χ0n) is 11.5. The third-order valence-corrected chi connectivity index (χ3v) is 6.21. The van der Waals surface area contributed by atoms with Crippen LogP contribution in [0.4, 0.5) is 0 Å². The molecule has 0 unspecified atom stereocenters. The first-order chi connectivity index (χ1) is 9.38. The Balaban J connectivity index is 1.94. The van der Waals surface area contributed by atoms with Crippen molar-refractivity contribution in [3.63, 3.8) is 0 Å². The molecule has 6 nitrogen and oxygen atoms in total. The van der Waals surface area contributed by atoms with Gasteiger partial charge in [0, 0.05) is 19.6 Å². The maximum atomic E-state index is 12.1. The highest BCUT2D eigenvalue weighted by atomic mass is 32.2. The molecule has 1 aliphatic rings. The van der Waals surface area contributed by atoms with Crippen LogP contribution in [0.5, 0.6) is 0 Å². The van der Waals surface area contributed by atoms with Crippen molar-refractivity contribution in [1.29, 1.82) is 0 Å². The zero-order valence-corrected chi connectivity index (χ0v) is 13.1. The van der Waals surface area contributed by atoms with Crippen molar-refractivity contribution >= 4 is 27.3 Å². The Hall–Kier alpha value is -0.990. The molecule has 1 aromatic heterocycles. The van der Waals surface area contributed by atoms with Crippen LogP contribution in [0.2, 0.25) is 0 Å². The lowest BCUT2D eigenvalue weighted by molar-refractivity contribution is -0.119. The minimum Gasteiger partial charge on any atom is -0.381 e. The molecule has 1 fully saturated rings. The average molecular weight is 318 g/mol. The molecular weight excluding hydrogens is 300 g/mol. The van der Waals surface area contributed by atoms with Crippen LogP contribution in [-0.2, 0) is 19.6 Å². The number of nitrogens with zero attached hydrogens (tertiary/aromatic N) is 1. The molecule has 112 valence electrons. The molecule has 1 aliphatic heterocycles. The summed E-state index contributed by atoms with van der Waals surface area (Å²) in [6.07, 6.45) is 1.79. The predicted molar refractivity (Wildman–Crippen MR) is 75.1 cm³/mol. The molecule has 0 aliphatic carbocycles. The van der Waals surface area contributed by atoms with Crippen molar-refractivity contribution in [2.45, 2.75) is 37.3 Å². The second-order valence-electron chi connectivity index (χ2n) is 4.90. The number of carbonyl (C=O) groups is 1. The van der Waals surface area contributed by atoms with Crippen molar-refractivity contribution in [3.8, 4) is 0 Å². The molecule has 2 rings (SSSR count). The van der Waals surface area contributed by atoms with Gasteiger partial charge in [0.05, 0.1) is 10.7 Å². The standard InChI is InChI=1S/C12H18N2O4S2/c1-8-12(19-9(2)13-8)20(16,17)14-11(15)4-3-10-5-6-18-7-10/h10H,3-7H2,1-2H3,(H,14,15)/t10-/m1/s1. The summed E-state index contributed by atoms with van der Waals surface area (Å²) in [5.41, 5.74) is 0.428. The Bertz CT molecular complexity index is 589. The van der Waals surface area contributed by atoms with Crippen molar-refractivity contribution < 1.29 is 17.9 Å². The first kappa shape index (κ1) is 15.4. The molecule has 1 atom stereocenters. The van der Waals surface area contributed by atoms with Gasteiger partial charge >= 0.3 is 0 Å². The van der Waals surface area contributed by atoms with Crippen molar-refractivity contribution in [1.82, 2.24) is 9.71 Å². The highest BCUT2D eigenvalue weighted by Crippen LogP contribution is 2.23. The van der Waals surface area contributed by atoms with Gasteiger partial charge in [0.1, 0.15) is 0 Å². The number of nitrogens with one attached hydrogen (secondary N) is 1. The van der Waals surface area contributed by atoms with E-state index in [1.165, 1.54) is 0 Å². The number of aryl methyl sites for hydroxylation is 2. The number of thiazole rings is 1. The summed E-state index contributed by atoms with van der Waals surface area (Å²) in [5, 5.41) is 0.665. The lowest BCUT2D eigenvalue weighted by atomic mass is 10.0. The molecule has 0 saturated carbocycles. The monoisotopic (exact) mass is 318 g/mol. The van der Waals surface area contributed by atoms with Crippen LogP contribution in [0.15, 0.2) is 4.21 Å². The third-order valence-electron chi connectivity index (χ3n) is 3.16. The minimum absolute atomic E-state index is 0.118. The maximum Gasteiger partial charge on any atom is 0.275 e. The maximum absolute atomic E-state index is 12.1. The number of ether oxygens (including phenoxy) is 1. The lowest BCUT2D eigenvalue weighted by Gasteiger charge is -2.08. The SMILES string of the molecule is Cc1nc(C)c(S(=O)(=O)NC(=O)CC[C@@H]2CCOC2)s1. The Morgan fingerprint density at radius 2 is 2.25 bits per heavy atom. The summed E-state index contributed by atoms with van der Waals surface area (Å²) < 4.78 is 31.6. The average Bonchev–Trinajstić information content (AvgIpc) is 2.95. The second-order valence-corrected chi connectivity index (χ2v) is 7.98. The third kappa shape index (κ3) is 3.77. The Morgan fingerprint density at radius 1 is 1.50 bits per heavy atom. The van der Waals surface area contributed by atoms with Gasteiger partial charge in [-0.15, -0.1) is 11.3 Å². The van der Waals surface area contributed by atoms with E-state index < -0.39 is 15.9 Å². The van der Waals surface area contributed by atoms with E-state index in [9.17, 15) is 13.2 Å². The van der Waals surface area contributed by atoms with E-state index in [0.717, 1.165) is 24.4 Å². The second kappa shape index (κ2) is 6.19. The molecule has 0 radical (unpaired) electrons. The molecule has 20 heavy (non-hydrogen) atoms. The van der Waals surface area contributed by atoms with Crippen molar-refractivity contribution in [2.24, 2.45) is 5.92 Å². The number of sulfonamides is 1. The van der Waals surface area contributed by atoms with Crippen LogP contribution in [0, 0.1) is 19.8 Å². The van der Waals surface area contributed by atoms with Gasteiger partial charge in [-0.05, 0) is 32.6 Å². The molecule has 0 bridgehead atoms. The topological polar surface area (TPSA) is 85.4 Å². The van der Waals surface area contributed by atoms with E-state index in [4.69, 9.17) is 4.74 Å². The predicted octanol–water partition coefficient (Wildman–Crippen LogP) is 1.38. The van der Waals surface area contributed by atoms with Crippen molar-refractivity contribution in [2.75, 3.05) is 13.2 Å². The van der Waals surface area contributed by atoms with E-state index in [0.29, 0.717) is 29.6 Å². The van der Waals surface area contributed by atoms with Crippen LogP contribution in [0.1, 0.15) is 30.0 Å². The molecule has 1 saturated heterocycles. The number of aromatic nitrogens is 1. The summed E-state index contributed by atoms with van der Waals surface area (Å²) >= 11 is 1.07. The molecule has 0 spiro atoms. The number of hydrogen-bond acceptors (Lipinski definition) is 6. The highest BCUT2D eigenvalue weighted by molar-refractivity contribution is 7.92. The van der Waals surface area contributed by atoms with Gasteiger partial charge in [0.15, 0.2) is 4.21 Å². The van der Waals surface area contributed by atoms with E-state index in [1.807, 2.05) is 0 Å². The highest BCUT2D eigenvalue weighted by Gasteiger charge is 2.24. The molecule has 1 N–H and O–H groups in total. The Kier molecular flexibility index (Phi) is 4.77. The van der Waals surface area contributed by atoms with E-state index in [2.05, 4.69) is 9.71 Å². The van der Waals surface area contributed by atoms with Crippen molar-refractivity contribution in [3.05, 3.63) is 10.7 Å². The van der Waals surface area contributed by atoms with Crippen LogP contribution in [0.3, 0.4) is 0 Å². The summed E-state index contributed by atoms with van der Waals surface area (Å²) in [4.78, 5) is 15.8. The van der Waals surface area contributed by atoms with Crippen LogP contribution < -0.4 is 4.72 Å². The lowest BCUT2D eigenvalue weighted by Crippen LogP contribution is -2.30. The fraction of sp³-hybridized carbons (Fsp3) is 0.667. The number of rotatable bonds is 5. The minimum atomic E-state index is -3.79. The van der Waals surface area contributed by atoms with Gasteiger partial charge in [0.25, 0.3) is 10.0 Å². The molecule has 8 heteroatoms. The normalized spacial score (nSPS) is 19.2. The van der Waals surface area contributed by atoms with Crippen LogP contribution in [-0.4, -0.2) is 32.5 Å². The summed E-state index contributed by atoms with van der Waals surface area (Å²) in [6.45, 7) is 4.74. The molecule has 1 amide bonds. The smallest absolute Gasteiger partial charge is 0.275 e. The van der Waals surface area contributed by atoms with Crippen LogP contribution in [0.25, 0.3) is 0 Å². The number of amides is 1. The number of hydrogen-bond donors (Lipinski definition) is 1. The fourth-order valence-electron chi connectivity index (χ4n) is 2.16. The van der Waals surface area contributed by atoms with Gasteiger partial charge in [0.2, 0.25) is 5.91 Å². The number of carbonyl (C=O) groups excluding carboxylic acids is 1. The van der Waals surface area contributed by atoms with Gasteiger partial charge in [-0.2, -0.15) is 0 Å². The molecule has 0 aromatic carbocycles. The van der Waals surface area contributed by atoms with E-state index in [-0.39, 0.29) is 10.6 Å². The Morgan fingerprint density at radius 3 is 2.80 bits per heavy atom. The van der Waals surface area contributed by atoms with Gasteiger partial charge in [-0.3, -0.25) is 4.79 Å². The fourth-order valence-corrected chi connectivity index (χ4v) is 4.65. The van der Waals surface area contributed by atoms with Crippen LogP contribution >= 0.6 is 11.3 Å². The van der Waals surface area contributed by atoms with Gasteiger partial charge < -0.3 is 4.74 Å². The first-order valence-corrected chi connectivity index (χ1v) is 8.76. The largest absolute Gasteiger partial charge is 0.381 e. The Labute approximate surface area is 122 Å². The quantitative estimate of drug-likeness (QED) is 0.886. The molecule has 1 aromatic rings. The summed E-state index contributed by atoms with van der Waals surface area (Å²) in [7, 11) is -3.79. The van der Waals surface area contributed by atoms with E-state index >= 15 is 0 Å². The first-order valence-electron chi connectivity index (χ1n) is 6.46. The van der Waals surface area contributed by atoms with E-state index in [1.54, 1.807) is 13.8 Å².